The van der Waals surface area contributed by atoms with Crippen LogP contribution in [-0.2, 0) is 24.5 Å². The molecule has 0 aromatic heterocycles. The van der Waals surface area contributed by atoms with Crippen LogP contribution in [0.3, 0.4) is 0 Å². The van der Waals surface area contributed by atoms with Gasteiger partial charge in [0.25, 0.3) is 5.79 Å². The summed E-state index contributed by atoms with van der Waals surface area (Å²) < 4.78 is 10.4. The van der Waals surface area contributed by atoms with Crippen LogP contribution >= 0.6 is 0 Å². The molecular formula is C14H16O4. The lowest BCUT2D eigenvalue weighted by Crippen LogP contribution is -2.56. The molecule has 1 saturated heterocycles. The monoisotopic (exact) mass is 248 g/mol. The van der Waals surface area contributed by atoms with Gasteiger partial charge in [0.2, 0.25) is 0 Å². The molecule has 0 aliphatic carbocycles. The summed E-state index contributed by atoms with van der Waals surface area (Å²) in [4.78, 5) is 24.5. The second-order valence-corrected chi connectivity index (χ2v) is 4.80. The number of esters is 2. The van der Waals surface area contributed by atoms with Crippen LogP contribution in [-0.4, -0.2) is 17.7 Å². The van der Waals surface area contributed by atoms with E-state index in [0.29, 0.717) is 12.0 Å². The lowest BCUT2D eigenvalue weighted by Gasteiger charge is -2.39. The Balaban J connectivity index is 2.51. The fourth-order valence-electron chi connectivity index (χ4n) is 2.18. The molecule has 18 heavy (non-hydrogen) atoms. The lowest BCUT2D eigenvalue weighted by molar-refractivity contribution is -0.243. The van der Waals surface area contributed by atoms with Crippen LogP contribution in [0.5, 0.6) is 0 Å². The lowest BCUT2D eigenvalue weighted by atomic mass is 9.77. The van der Waals surface area contributed by atoms with E-state index in [0.717, 1.165) is 0 Å². The van der Waals surface area contributed by atoms with Crippen LogP contribution in [0, 0.1) is 0 Å². The Morgan fingerprint density at radius 3 is 1.94 bits per heavy atom. The second-order valence-electron chi connectivity index (χ2n) is 4.80. The molecule has 1 aliphatic heterocycles. The summed E-state index contributed by atoms with van der Waals surface area (Å²) in [6.45, 7) is 4.87. The number of hydrogen-bond acceptors (Lipinski definition) is 4. The first-order chi connectivity index (χ1) is 8.42. The van der Waals surface area contributed by atoms with Gasteiger partial charge in [-0.1, -0.05) is 37.3 Å². The van der Waals surface area contributed by atoms with Crippen LogP contribution in [0.4, 0.5) is 0 Å². The Kier molecular flexibility index (Phi) is 2.89. The average Bonchev–Trinajstić information content (AvgIpc) is 2.29. The van der Waals surface area contributed by atoms with E-state index in [9.17, 15) is 9.59 Å². The average molecular weight is 248 g/mol. The van der Waals surface area contributed by atoms with E-state index in [1.54, 1.807) is 45.0 Å². The van der Waals surface area contributed by atoms with Gasteiger partial charge in [0.1, 0.15) is 0 Å². The molecule has 0 atom stereocenters. The number of rotatable bonds is 2. The maximum atomic E-state index is 12.3. The van der Waals surface area contributed by atoms with Crippen molar-refractivity contribution in [3.8, 4) is 0 Å². The van der Waals surface area contributed by atoms with Gasteiger partial charge >= 0.3 is 11.9 Å². The Morgan fingerprint density at radius 2 is 1.50 bits per heavy atom. The third-order valence-electron chi connectivity index (χ3n) is 3.17. The van der Waals surface area contributed by atoms with Crippen LogP contribution in [0.15, 0.2) is 30.3 Å². The first kappa shape index (κ1) is 12.6. The van der Waals surface area contributed by atoms with Gasteiger partial charge in [0, 0.05) is 13.8 Å². The predicted octanol–water partition coefficient (Wildman–Crippen LogP) is 2.17. The van der Waals surface area contributed by atoms with E-state index >= 15 is 0 Å². The normalized spacial score (nSPS) is 21.1. The number of carbonyl (C=O) groups excluding carboxylic acids is 2. The largest absolute Gasteiger partial charge is 0.422 e. The van der Waals surface area contributed by atoms with E-state index in [-0.39, 0.29) is 0 Å². The van der Waals surface area contributed by atoms with Gasteiger partial charge < -0.3 is 9.47 Å². The van der Waals surface area contributed by atoms with Crippen molar-refractivity contribution in [2.24, 2.45) is 0 Å². The summed E-state index contributed by atoms with van der Waals surface area (Å²) in [5.41, 5.74) is -0.727. The van der Waals surface area contributed by atoms with Crippen molar-refractivity contribution in [2.75, 3.05) is 0 Å². The summed E-state index contributed by atoms with van der Waals surface area (Å²) in [5, 5.41) is 0. The molecule has 1 aromatic rings. The van der Waals surface area contributed by atoms with Crippen molar-refractivity contribution in [1.29, 1.82) is 0 Å². The summed E-state index contributed by atoms with van der Waals surface area (Å²) in [7, 11) is 0. The van der Waals surface area contributed by atoms with Crippen molar-refractivity contribution in [3.05, 3.63) is 35.9 Å². The molecule has 0 saturated carbocycles. The summed E-state index contributed by atoms with van der Waals surface area (Å²) in [6.07, 6.45) is 0.310. The first-order valence-corrected chi connectivity index (χ1v) is 5.95. The zero-order valence-corrected chi connectivity index (χ0v) is 10.7. The minimum absolute atomic E-state index is 0.310. The van der Waals surface area contributed by atoms with Crippen molar-refractivity contribution < 1.29 is 19.1 Å². The third-order valence-corrected chi connectivity index (χ3v) is 3.17. The van der Waals surface area contributed by atoms with Gasteiger partial charge in [-0.25, -0.2) is 0 Å². The predicted molar refractivity (Wildman–Crippen MR) is 64.7 cm³/mol. The molecule has 1 aromatic carbocycles. The smallest absolute Gasteiger partial charge is 0.331 e. The van der Waals surface area contributed by atoms with E-state index < -0.39 is 23.1 Å². The highest BCUT2D eigenvalue weighted by molar-refractivity contribution is 6.07. The maximum Gasteiger partial charge on any atom is 0.331 e. The Bertz CT molecular complexity index is 456. The van der Waals surface area contributed by atoms with E-state index in [2.05, 4.69) is 0 Å². The van der Waals surface area contributed by atoms with Gasteiger partial charge in [-0.3, -0.25) is 9.59 Å². The number of benzene rings is 1. The molecule has 4 heteroatoms. The highest BCUT2D eigenvalue weighted by Gasteiger charge is 2.56. The topological polar surface area (TPSA) is 52.6 Å². The number of cyclic esters (lactones) is 2. The molecule has 1 fully saturated rings. The zero-order valence-electron chi connectivity index (χ0n) is 10.7. The van der Waals surface area contributed by atoms with E-state index in [4.69, 9.17) is 9.47 Å². The molecule has 0 radical (unpaired) electrons. The number of ether oxygens (including phenoxy) is 2. The van der Waals surface area contributed by atoms with Crippen LogP contribution in [0.2, 0.25) is 0 Å². The van der Waals surface area contributed by atoms with Crippen LogP contribution in [0.25, 0.3) is 0 Å². The van der Waals surface area contributed by atoms with E-state index in [1.807, 2.05) is 6.07 Å². The van der Waals surface area contributed by atoms with Crippen molar-refractivity contribution >= 4 is 11.9 Å². The first-order valence-electron chi connectivity index (χ1n) is 5.95. The standard InChI is InChI=1S/C14H16O4/c1-4-14(10-8-6-5-7-9-10)11(15)17-13(2,3)18-12(14)16/h5-9H,4H2,1-3H3. The Hall–Kier alpha value is -1.84. The molecule has 0 N–H and O–H groups in total. The van der Waals surface area contributed by atoms with Crippen molar-refractivity contribution in [3.63, 3.8) is 0 Å². The molecule has 0 amide bonds. The van der Waals surface area contributed by atoms with Gasteiger partial charge in [-0.15, -0.1) is 0 Å². The second kappa shape index (κ2) is 4.12. The van der Waals surface area contributed by atoms with Gasteiger partial charge in [-0.2, -0.15) is 0 Å². The molecule has 0 bridgehead atoms. The van der Waals surface area contributed by atoms with Crippen LogP contribution < -0.4 is 0 Å². The van der Waals surface area contributed by atoms with E-state index in [1.165, 1.54) is 0 Å². The van der Waals surface area contributed by atoms with Gasteiger partial charge in [0.05, 0.1) is 0 Å². The summed E-state index contributed by atoms with van der Waals surface area (Å²) in [6, 6.07) is 8.88. The molecule has 96 valence electrons. The highest BCUT2D eigenvalue weighted by atomic mass is 16.7. The molecule has 1 heterocycles. The van der Waals surface area contributed by atoms with Gasteiger partial charge in [0.15, 0.2) is 5.41 Å². The minimum Gasteiger partial charge on any atom is -0.422 e. The van der Waals surface area contributed by atoms with Crippen LogP contribution in [0.1, 0.15) is 32.8 Å². The van der Waals surface area contributed by atoms with Crippen molar-refractivity contribution in [2.45, 2.75) is 38.4 Å². The summed E-state index contributed by atoms with van der Waals surface area (Å²) >= 11 is 0. The Morgan fingerprint density at radius 1 is 1.00 bits per heavy atom. The molecule has 1 aliphatic rings. The quantitative estimate of drug-likeness (QED) is 0.594. The molecule has 4 nitrogen and oxygen atoms in total. The minimum atomic E-state index is -1.34. The highest BCUT2D eigenvalue weighted by Crippen LogP contribution is 2.37. The summed E-state index contributed by atoms with van der Waals surface area (Å²) in [5.74, 6) is -2.28. The number of carbonyl (C=O) groups is 2. The Labute approximate surface area is 106 Å². The number of hydrogen-bond donors (Lipinski definition) is 0. The zero-order chi connectivity index (χ0) is 13.4. The fraction of sp³-hybridized carbons (Fsp3) is 0.429. The third kappa shape index (κ3) is 1.78. The fourth-order valence-corrected chi connectivity index (χ4v) is 2.18. The molecule has 0 spiro atoms. The SMILES string of the molecule is CCC1(c2ccccc2)C(=O)OC(C)(C)OC1=O. The molecular weight excluding hydrogens is 232 g/mol. The van der Waals surface area contributed by atoms with Gasteiger partial charge in [-0.05, 0) is 12.0 Å². The molecule has 2 rings (SSSR count). The van der Waals surface area contributed by atoms with Crippen molar-refractivity contribution in [1.82, 2.24) is 0 Å². The molecule has 0 unspecified atom stereocenters. The maximum absolute atomic E-state index is 12.3.